The highest BCUT2D eigenvalue weighted by Gasteiger charge is 2.14. The van der Waals surface area contributed by atoms with Crippen LogP contribution < -0.4 is 11.1 Å². The van der Waals surface area contributed by atoms with E-state index in [1.54, 1.807) is 13.8 Å². The summed E-state index contributed by atoms with van der Waals surface area (Å²) in [5.74, 6) is -0.275. The molecule has 4 nitrogen and oxygen atoms in total. The summed E-state index contributed by atoms with van der Waals surface area (Å²) in [4.78, 5) is 11.4. The first-order valence-electron chi connectivity index (χ1n) is 5.34. The number of nitrogens with two attached hydrogens (primary N) is 1. The van der Waals surface area contributed by atoms with Crippen LogP contribution in [0.2, 0.25) is 0 Å². The van der Waals surface area contributed by atoms with E-state index in [4.69, 9.17) is 10.5 Å². The van der Waals surface area contributed by atoms with Crippen molar-refractivity contribution in [3.8, 4) is 0 Å². The molecule has 0 heterocycles. The van der Waals surface area contributed by atoms with E-state index in [1.807, 2.05) is 25.1 Å². The topological polar surface area (TPSA) is 64.3 Å². The Morgan fingerprint density at radius 1 is 1.56 bits per heavy atom. The normalized spacial score (nSPS) is 11.9. The van der Waals surface area contributed by atoms with Gasteiger partial charge in [-0.25, -0.2) is 4.79 Å². The first-order chi connectivity index (χ1) is 7.56. The fourth-order valence-electron chi connectivity index (χ4n) is 1.37. The van der Waals surface area contributed by atoms with Gasteiger partial charge in [0.2, 0.25) is 0 Å². The van der Waals surface area contributed by atoms with E-state index in [9.17, 15) is 4.79 Å². The fraction of sp³-hybridized carbons (Fsp3) is 0.417. The van der Waals surface area contributed by atoms with Crippen molar-refractivity contribution in [2.45, 2.75) is 26.8 Å². The maximum absolute atomic E-state index is 11.4. The Bertz CT molecular complexity index is 377. The number of hydrogen-bond acceptors (Lipinski definition) is 4. The van der Waals surface area contributed by atoms with Crippen molar-refractivity contribution in [2.75, 3.05) is 17.7 Å². The summed E-state index contributed by atoms with van der Waals surface area (Å²) in [7, 11) is 0. The molecule has 16 heavy (non-hydrogen) atoms. The summed E-state index contributed by atoms with van der Waals surface area (Å²) in [6, 6.07) is 5.27. The third kappa shape index (κ3) is 2.89. The zero-order chi connectivity index (χ0) is 12.1. The molecule has 1 atom stereocenters. The van der Waals surface area contributed by atoms with Crippen LogP contribution in [0.1, 0.15) is 19.4 Å². The number of para-hydroxylation sites is 1. The first kappa shape index (κ1) is 12.4. The summed E-state index contributed by atoms with van der Waals surface area (Å²) in [5.41, 5.74) is 8.31. The Morgan fingerprint density at radius 2 is 2.25 bits per heavy atom. The van der Waals surface area contributed by atoms with Crippen molar-refractivity contribution < 1.29 is 9.53 Å². The number of carbonyl (C=O) groups is 1. The number of nitrogens with one attached hydrogen (secondary N) is 1. The van der Waals surface area contributed by atoms with Gasteiger partial charge in [0.1, 0.15) is 6.04 Å². The molecule has 0 amide bonds. The van der Waals surface area contributed by atoms with E-state index < -0.39 is 6.04 Å². The van der Waals surface area contributed by atoms with Gasteiger partial charge in [0.25, 0.3) is 0 Å². The molecular weight excluding hydrogens is 204 g/mol. The van der Waals surface area contributed by atoms with Gasteiger partial charge in [0.05, 0.1) is 18.0 Å². The lowest BCUT2D eigenvalue weighted by Crippen LogP contribution is -2.28. The van der Waals surface area contributed by atoms with E-state index in [0.717, 1.165) is 11.3 Å². The predicted octanol–water partition coefficient (Wildman–Crippen LogP) is 1.94. The second-order valence-corrected chi connectivity index (χ2v) is 3.65. The molecular formula is C12H18N2O2. The molecule has 88 valence electrons. The number of ether oxygens (including phenoxy) is 1. The third-order valence-electron chi connectivity index (χ3n) is 2.34. The molecule has 4 heteroatoms. The molecule has 0 aromatic heterocycles. The minimum atomic E-state index is -0.399. The van der Waals surface area contributed by atoms with Gasteiger partial charge in [-0.05, 0) is 32.4 Å². The maximum Gasteiger partial charge on any atom is 0.328 e. The Balaban J connectivity index is 2.73. The van der Waals surface area contributed by atoms with Crippen LogP contribution in [0.4, 0.5) is 11.4 Å². The van der Waals surface area contributed by atoms with Crippen LogP contribution in [0.5, 0.6) is 0 Å². The first-order valence-corrected chi connectivity index (χ1v) is 5.34. The Hall–Kier alpha value is -1.71. The lowest BCUT2D eigenvalue weighted by molar-refractivity contribution is -0.143. The zero-order valence-electron chi connectivity index (χ0n) is 9.91. The van der Waals surface area contributed by atoms with Gasteiger partial charge in [0.15, 0.2) is 0 Å². The van der Waals surface area contributed by atoms with Crippen molar-refractivity contribution in [3.63, 3.8) is 0 Å². The highest BCUT2D eigenvalue weighted by molar-refractivity contribution is 5.81. The smallest absolute Gasteiger partial charge is 0.328 e. The minimum absolute atomic E-state index is 0.275. The number of aryl methyl sites for hydroxylation is 1. The number of anilines is 2. The monoisotopic (exact) mass is 222 g/mol. The van der Waals surface area contributed by atoms with Gasteiger partial charge < -0.3 is 15.8 Å². The third-order valence-corrected chi connectivity index (χ3v) is 2.34. The van der Waals surface area contributed by atoms with Crippen molar-refractivity contribution in [2.24, 2.45) is 0 Å². The Labute approximate surface area is 95.8 Å². The number of hydrogen-bond donors (Lipinski definition) is 2. The fourth-order valence-corrected chi connectivity index (χ4v) is 1.37. The summed E-state index contributed by atoms with van der Waals surface area (Å²) < 4.78 is 4.90. The molecule has 3 N–H and O–H groups in total. The molecule has 0 spiro atoms. The van der Waals surface area contributed by atoms with Crippen molar-refractivity contribution in [1.29, 1.82) is 0 Å². The van der Waals surface area contributed by atoms with Gasteiger partial charge >= 0.3 is 5.97 Å². The number of rotatable bonds is 4. The molecule has 1 unspecified atom stereocenters. The molecule has 0 aliphatic rings. The van der Waals surface area contributed by atoms with Crippen LogP contribution in [-0.2, 0) is 9.53 Å². The average molecular weight is 222 g/mol. The van der Waals surface area contributed by atoms with E-state index in [1.165, 1.54) is 0 Å². The number of benzene rings is 1. The van der Waals surface area contributed by atoms with Gasteiger partial charge in [-0.2, -0.15) is 0 Å². The van der Waals surface area contributed by atoms with Gasteiger partial charge in [-0.3, -0.25) is 0 Å². The lowest BCUT2D eigenvalue weighted by atomic mass is 10.1. The molecule has 1 aromatic rings. The van der Waals surface area contributed by atoms with Crippen LogP contribution in [0.25, 0.3) is 0 Å². The van der Waals surface area contributed by atoms with Crippen LogP contribution in [-0.4, -0.2) is 18.6 Å². The zero-order valence-corrected chi connectivity index (χ0v) is 9.91. The highest BCUT2D eigenvalue weighted by Crippen LogP contribution is 2.22. The standard InChI is InChI=1S/C12H18N2O2/c1-4-16-12(15)9(3)14-10-7-5-6-8(2)11(10)13/h5-7,9,14H,4,13H2,1-3H3. The van der Waals surface area contributed by atoms with E-state index in [0.29, 0.717) is 12.3 Å². The summed E-state index contributed by atoms with van der Waals surface area (Å²) in [5, 5.41) is 3.04. The minimum Gasteiger partial charge on any atom is -0.464 e. The van der Waals surface area contributed by atoms with Gasteiger partial charge in [0, 0.05) is 0 Å². The van der Waals surface area contributed by atoms with E-state index in [2.05, 4.69) is 5.32 Å². The number of esters is 1. The molecule has 0 aliphatic carbocycles. The van der Waals surface area contributed by atoms with Crippen LogP contribution in [0.15, 0.2) is 18.2 Å². The molecule has 0 radical (unpaired) electrons. The Morgan fingerprint density at radius 3 is 2.88 bits per heavy atom. The number of nitrogen functional groups attached to an aromatic ring is 1. The summed E-state index contributed by atoms with van der Waals surface area (Å²) in [6.07, 6.45) is 0. The van der Waals surface area contributed by atoms with Crippen LogP contribution in [0.3, 0.4) is 0 Å². The Kier molecular flexibility index (Phi) is 4.17. The summed E-state index contributed by atoms with van der Waals surface area (Å²) in [6.45, 7) is 5.84. The highest BCUT2D eigenvalue weighted by atomic mass is 16.5. The molecule has 1 rings (SSSR count). The quantitative estimate of drug-likeness (QED) is 0.603. The van der Waals surface area contributed by atoms with Crippen LogP contribution >= 0.6 is 0 Å². The summed E-state index contributed by atoms with van der Waals surface area (Å²) >= 11 is 0. The van der Waals surface area contributed by atoms with Crippen LogP contribution in [0, 0.1) is 6.92 Å². The maximum atomic E-state index is 11.4. The second-order valence-electron chi connectivity index (χ2n) is 3.65. The van der Waals surface area contributed by atoms with E-state index >= 15 is 0 Å². The van der Waals surface area contributed by atoms with Gasteiger partial charge in [-0.15, -0.1) is 0 Å². The molecule has 1 aromatic carbocycles. The average Bonchev–Trinajstić information content (AvgIpc) is 2.25. The molecule has 0 aliphatic heterocycles. The largest absolute Gasteiger partial charge is 0.464 e. The second kappa shape index (κ2) is 5.39. The van der Waals surface area contributed by atoms with Crippen molar-refractivity contribution in [3.05, 3.63) is 23.8 Å². The van der Waals surface area contributed by atoms with E-state index in [-0.39, 0.29) is 5.97 Å². The lowest BCUT2D eigenvalue weighted by Gasteiger charge is -2.16. The van der Waals surface area contributed by atoms with Crippen molar-refractivity contribution >= 4 is 17.3 Å². The number of carbonyl (C=O) groups excluding carboxylic acids is 1. The predicted molar refractivity (Wildman–Crippen MR) is 65.3 cm³/mol. The molecule has 0 fully saturated rings. The van der Waals surface area contributed by atoms with Gasteiger partial charge in [-0.1, -0.05) is 12.1 Å². The SMILES string of the molecule is CCOC(=O)C(C)Nc1cccc(C)c1N. The molecule has 0 bridgehead atoms. The molecule has 0 saturated carbocycles. The van der Waals surface area contributed by atoms with Crippen molar-refractivity contribution in [1.82, 2.24) is 0 Å². The molecule has 0 saturated heterocycles.